The molecule has 0 saturated carbocycles. The van der Waals surface area contributed by atoms with Gasteiger partial charge in [-0.05, 0) is 6.92 Å². The molecule has 1 aromatic heterocycles. The summed E-state index contributed by atoms with van der Waals surface area (Å²) in [6, 6.07) is -0.325. The molecule has 0 fully saturated rings. The van der Waals surface area contributed by atoms with Crippen molar-refractivity contribution in [2.75, 3.05) is 11.5 Å². The number of rotatable bonds is 1. The zero-order valence-electron chi connectivity index (χ0n) is 7.71. The number of nitrogen functional groups attached to an aromatic ring is 2. The number of alkyl halides is 3. The van der Waals surface area contributed by atoms with Gasteiger partial charge in [0.25, 0.3) is 0 Å². The van der Waals surface area contributed by atoms with E-state index in [4.69, 9.17) is 16.7 Å². The predicted molar refractivity (Wildman–Crippen MR) is 46.5 cm³/mol. The van der Waals surface area contributed by atoms with E-state index in [9.17, 15) is 13.2 Å². The molecule has 0 aliphatic rings. The van der Waals surface area contributed by atoms with Gasteiger partial charge in [-0.25, -0.2) is 4.68 Å². The molecule has 1 heterocycles. The lowest BCUT2D eigenvalue weighted by Gasteiger charge is -2.16. The average Bonchev–Trinajstić information content (AvgIpc) is 2.39. The number of aromatic nitrogens is 2. The summed E-state index contributed by atoms with van der Waals surface area (Å²) in [6.07, 6.45) is -4.49. The Morgan fingerprint density at radius 3 is 2.33 bits per heavy atom. The van der Waals surface area contributed by atoms with Crippen LogP contribution in [0.4, 0.5) is 24.8 Å². The summed E-state index contributed by atoms with van der Waals surface area (Å²) in [6.45, 7) is 0.879. The van der Waals surface area contributed by atoms with E-state index < -0.39 is 12.2 Å². The Morgan fingerprint density at radius 2 is 2.00 bits per heavy atom. The lowest BCUT2D eigenvalue weighted by molar-refractivity contribution is -0.164. The molecule has 0 aromatic carbocycles. The molecule has 15 heavy (non-hydrogen) atoms. The lowest BCUT2D eigenvalue weighted by atomic mass is 10.3. The maximum Gasteiger partial charge on any atom is 0.410 e. The third-order valence-corrected chi connectivity index (χ3v) is 1.93. The first kappa shape index (κ1) is 11.2. The summed E-state index contributed by atoms with van der Waals surface area (Å²) in [5.74, 6) is -0.675. The van der Waals surface area contributed by atoms with E-state index >= 15 is 0 Å². The summed E-state index contributed by atoms with van der Waals surface area (Å²) >= 11 is 0. The van der Waals surface area contributed by atoms with Crippen LogP contribution in [0.25, 0.3) is 0 Å². The number of nitriles is 1. The molecule has 0 amide bonds. The molecule has 1 atom stereocenters. The van der Waals surface area contributed by atoms with Crippen LogP contribution in [-0.4, -0.2) is 16.0 Å². The minimum absolute atomic E-state index is 0.230. The van der Waals surface area contributed by atoms with Crippen molar-refractivity contribution in [2.45, 2.75) is 19.1 Å². The van der Waals surface area contributed by atoms with Gasteiger partial charge >= 0.3 is 6.18 Å². The largest absolute Gasteiger partial charge is 0.410 e. The molecule has 4 N–H and O–H groups in total. The Balaban J connectivity index is 3.24. The number of nitrogens with two attached hydrogens (primary N) is 2. The minimum Gasteiger partial charge on any atom is -0.383 e. The Morgan fingerprint density at radius 1 is 1.47 bits per heavy atom. The van der Waals surface area contributed by atoms with Crippen molar-refractivity contribution in [1.82, 2.24) is 9.78 Å². The number of hydrogen-bond donors (Lipinski definition) is 2. The van der Waals surface area contributed by atoms with Crippen LogP contribution in [0.3, 0.4) is 0 Å². The van der Waals surface area contributed by atoms with Crippen molar-refractivity contribution in [1.29, 1.82) is 5.26 Å². The maximum absolute atomic E-state index is 12.3. The molecule has 5 nitrogen and oxygen atoms in total. The minimum atomic E-state index is -4.49. The Kier molecular flexibility index (Phi) is 2.49. The van der Waals surface area contributed by atoms with Gasteiger partial charge in [0.05, 0.1) is 0 Å². The Labute approximate surface area is 83.1 Å². The number of halogens is 3. The highest BCUT2D eigenvalue weighted by atomic mass is 19.4. The molecule has 0 unspecified atom stereocenters. The Bertz CT molecular complexity index is 413. The van der Waals surface area contributed by atoms with Crippen molar-refractivity contribution in [2.24, 2.45) is 0 Å². The second-order valence-electron chi connectivity index (χ2n) is 2.92. The summed E-state index contributed by atoms with van der Waals surface area (Å²) in [7, 11) is 0. The second-order valence-corrected chi connectivity index (χ2v) is 2.92. The standard InChI is InChI=1S/C7H8F3N5/c1-3(7(8,9)10)15-6(13)4(2-11)5(12)14-15/h3H,13H2,1H3,(H2,12,14)/t3-/m0/s1. The van der Waals surface area contributed by atoms with Crippen LogP contribution in [0.2, 0.25) is 0 Å². The van der Waals surface area contributed by atoms with Crippen molar-refractivity contribution in [3.05, 3.63) is 5.56 Å². The first-order chi connectivity index (χ1) is 6.79. The maximum atomic E-state index is 12.3. The third-order valence-electron chi connectivity index (χ3n) is 1.93. The first-order valence-corrected chi connectivity index (χ1v) is 3.89. The summed E-state index contributed by atoms with van der Waals surface area (Å²) in [4.78, 5) is 0. The molecule has 8 heteroatoms. The van der Waals surface area contributed by atoms with Gasteiger partial charge in [-0.3, -0.25) is 0 Å². The van der Waals surface area contributed by atoms with E-state index in [-0.39, 0.29) is 17.2 Å². The van der Waals surface area contributed by atoms with Gasteiger partial charge < -0.3 is 11.5 Å². The van der Waals surface area contributed by atoms with Gasteiger partial charge in [-0.15, -0.1) is 0 Å². The third kappa shape index (κ3) is 1.81. The van der Waals surface area contributed by atoms with Crippen LogP contribution >= 0.6 is 0 Å². The monoisotopic (exact) mass is 219 g/mol. The number of hydrogen-bond acceptors (Lipinski definition) is 4. The van der Waals surface area contributed by atoms with Crippen LogP contribution in [0.15, 0.2) is 0 Å². The molecule has 82 valence electrons. The second kappa shape index (κ2) is 3.34. The van der Waals surface area contributed by atoms with Crippen LogP contribution < -0.4 is 11.5 Å². The van der Waals surface area contributed by atoms with Crippen LogP contribution in [-0.2, 0) is 0 Å². The van der Waals surface area contributed by atoms with Crippen LogP contribution in [0.5, 0.6) is 0 Å². The SMILES string of the molecule is C[C@H](n1nc(N)c(C#N)c1N)C(F)(F)F. The van der Waals surface area contributed by atoms with Crippen LogP contribution in [0, 0.1) is 11.3 Å². The molecule has 0 bridgehead atoms. The topological polar surface area (TPSA) is 93.6 Å². The molecule has 0 saturated heterocycles. The molecule has 0 spiro atoms. The quantitative estimate of drug-likeness (QED) is 0.737. The lowest BCUT2D eigenvalue weighted by Crippen LogP contribution is -2.25. The van der Waals surface area contributed by atoms with E-state index in [1.165, 1.54) is 0 Å². The summed E-state index contributed by atoms with van der Waals surface area (Å²) in [5.41, 5.74) is 10.3. The van der Waals surface area contributed by atoms with Gasteiger partial charge in [-0.1, -0.05) is 0 Å². The smallest absolute Gasteiger partial charge is 0.383 e. The molecule has 1 rings (SSSR count). The fraction of sp³-hybridized carbons (Fsp3) is 0.429. The molecular formula is C7H8F3N5. The fourth-order valence-corrected chi connectivity index (χ4v) is 1.01. The van der Waals surface area contributed by atoms with Crippen molar-refractivity contribution < 1.29 is 13.2 Å². The molecule has 0 aliphatic heterocycles. The summed E-state index contributed by atoms with van der Waals surface area (Å²) in [5, 5.41) is 11.9. The van der Waals surface area contributed by atoms with Crippen molar-refractivity contribution >= 4 is 11.6 Å². The molecule has 1 aromatic rings. The van der Waals surface area contributed by atoms with E-state index in [0.717, 1.165) is 6.92 Å². The normalized spacial score (nSPS) is 13.5. The van der Waals surface area contributed by atoms with E-state index in [1.807, 2.05) is 0 Å². The predicted octanol–water partition coefficient (Wildman–Crippen LogP) is 1.04. The van der Waals surface area contributed by atoms with Gasteiger partial charge in [-0.2, -0.15) is 23.5 Å². The van der Waals surface area contributed by atoms with Gasteiger partial charge in [0, 0.05) is 0 Å². The van der Waals surface area contributed by atoms with Crippen LogP contribution in [0.1, 0.15) is 18.5 Å². The first-order valence-electron chi connectivity index (χ1n) is 3.89. The number of nitrogens with zero attached hydrogens (tertiary/aromatic N) is 3. The highest BCUT2D eigenvalue weighted by Gasteiger charge is 2.39. The van der Waals surface area contributed by atoms with Gasteiger partial charge in [0.15, 0.2) is 5.82 Å². The van der Waals surface area contributed by atoms with E-state index in [1.54, 1.807) is 6.07 Å². The zero-order valence-corrected chi connectivity index (χ0v) is 7.71. The summed E-state index contributed by atoms with van der Waals surface area (Å²) < 4.78 is 37.5. The number of anilines is 2. The molecule has 0 radical (unpaired) electrons. The van der Waals surface area contributed by atoms with E-state index in [2.05, 4.69) is 5.10 Å². The average molecular weight is 219 g/mol. The zero-order chi connectivity index (χ0) is 11.8. The highest BCUT2D eigenvalue weighted by molar-refractivity contribution is 5.61. The van der Waals surface area contributed by atoms with E-state index in [0.29, 0.717) is 4.68 Å². The van der Waals surface area contributed by atoms with Gasteiger partial charge in [0.2, 0.25) is 0 Å². The molecular weight excluding hydrogens is 211 g/mol. The Hall–Kier alpha value is -1.91. The van der Waals surface area contributed by atoms with Crippen molar-refractivity contribution in [3.63, 3.8) is 0 Å². The fourth-order valence-electron chi connectivity index (χ4n) is 1.01. The van der Waals surface area contributed by atoms with Gasteiger partial charge in [0.1, 0.15) is 23.5 Å². The molecule has 0 aliphatic carbocycles. The highest BCUT2D eigenvalue weighted by Crippen LogP contribution is 2.33. The van der Waals surface area contributed by atoms with Crippen molar-refractivity contribution in [3.8, 4) is 6.07 Å².